The molecule has 1 atom stereocenters. The second kappa shape index (κ2) is 8.29. The Morgan fingerprint density at radius 1 is 1.30 bits per heavy atom. The van der Waals surface area contributed by atoms with E-state index in [2.05, 4.69) is 10.6 Å². The van der Waals surface area contributed by atoms with Gasteiger partial charge in [0.15, 0.2) is 0 Å². The van der Waals surface area contributed by atoms with Crippen LogP contribution in [0.25, 0.3) is 0 Å². The van der Waals surface area contributed by atoms with Crippen LogP contribution in [0.3, 0.4) is 0 Å². The number of nitrogens with two attached hydrogens (primary N) is 1. The van der Waals surface area contributed by atoms with E-state index in [1.807, 2.05) is 6.92 Å². The number of benzene rings is 1. The van der Waals surface area contributed by atoms with Crippen LogP contribution in [0.4, 0.5) is 11.4 Å². The Labute approximate surface area is 118 Å². The zero-order valence-corrected chi connectivity index (χ0v) is 11.8. The summed E-state index contributed by atoms with van der Waals surface area (Å²) in [5, 5.41) is 5.39. The fraction of sp³-hybridized carbons (Fsp3) is 0.429. The van der Waals surface area contributed by atoms with Crippen molar-refractivity contribution in [3.05, 3.63) is 24.3 Å². The molecular weight excluding hydrogens is 258 g/mol. The van der Waals surface area contributed by atoms with Crippen molar-refractivity contribution in [3.63, 3.8) is 0 Å². The lowest BCUT2D eigenvalue weighted by atomic mass is 10.1. The van der Waals surface area contributed by atoms with Crippen molar-refractivity contribution in [1.29, 1.82) is 0 Å². The first-order valence-electron chi connectivity index (χ1n) is 6.52. The third-order valence-corrected chi connectivity index (χ3v) is 2.63. The van der Waals surface area contributed by atoms with E-state index in [-0.39, 0.29) is 18.4 Å². The van der Waals surface area contributed by atoms with Crippen LogP contribution in [0.2, 0.25) is 0 Å². The SMILES string of the molecule is CCCC(N)C(=O)Nc1cccc(NC(=O)COC)c1. The summed E-state index contributed by atoms with van der Waals surface area (Å²) in [6.45, 7) is 1.96. The van der Waals surface area contributed by atoms with Crippen LogP contribution in [0, 0.1) is 0 Å². The molecule has 0 aliphatic rings. The number of methoxy groups -OCH3 is 1. The van der Waals surface area contributed by atoms with E-state index in [0.717, 1.165) is 6.42 Å². The van der Waals surface area contributed by atoms with Crippen LogP contribution >= 0.6 is 0 Å². The highest BCUT2D eigenvalue weighted by Gasteiger charge is 2.12. The first-order chi connectivity index (χ1) is 9.56. The molecule has 20 heavy (non-hydrogen) atoms. The minimum Gasteiger partial charge on any atom is -0.375 e. The maximum atomic E-state index is 11.8. The molecule has 0 bridgehead atoms. The van der Waals surface area contributed by atoms with Crippen molar-refractivity contribution < 1.29 is 14.3 Å². The summed E-state index contributed by atoms with van der Waals surface area (Å²) in [6.07, 6.45) is 1.48. The lowest BCUT2D eigenvalue weighted by Crippen LogP contribution is -2.35. The average molecular weight is 279 g/mol. The lowest BCUT2D eigenvalue weighted by Gasteiger charge is -2.12. The number of rotatable bonds is 7. The van der Waals surface area contributed by atoms with Crippen molar-refractivity contribution in [2.24, 2.45) is 5.73 Å². The van der Waals surface area contributed by atoms with Gasteiger partial charge in [-0.3, -0.25) is 9.59 Å². The zero-order chi connectivity index (χ0) is 15.0. The van der Waals surface area contributed by atoms with Crippen LogP contribution in [-0.4, -0.2) is 31.6 Å². The van der Waals surface area contributed by atoms with Gasteiger partial charge in [-0.05, 0) is 24.6 Å². The first-order valence-corrected chi connectivity index (χ1v) is 6.52. The van der Waals surface area contributed by atoms with Gasteiger partial charge >= 0.3 is 0 Å². The molecule has 0 spiro atoms. The average Bonchev–Trinajstić information content (AvgIpc) is 2.39. The van der Waals surface area contributed by atoms with Crippen molar-refractivity contribution in [3.8, 4) is 0 Å². The third-order valence-electron chi connectivity index (χ3n) is 2.63. The van der Waals surface area contributed by atoms with Gasteiger partial charge in [-0.25, -0.2) is 0 Å². The standard InChI is InChI=1S/C14H21N3O3/c1-3-5-12(15)14(19)17-11-7-4-6-10(8-11)16-13(18)9-20-2/h4,6-8,12H,3,5,9,15H2,1-2H3,(H,16,18)(H,17,19). The number of carbonyl (C=O) groups is 2. The minimum atomic E-state index is -0.522. The number of nitrogens with one attached hydrogen (secondary N) is 2. The number of amides is 2. The van der Waals surface area contributed by atoms with E-state index in [1.54, 1.807) is 24.3 Å². The van der Waals surface area contributed by atoms with Crippen molar-refractivity contribution >= 4 is 23.2 Å². The summed E-state index contributed by atoms with van der Waals surface area (Å²) in [5.41, 5.74) is 6.92. The van der Waals surface area contributed by atoms with E-state index in [4.69, 9.17) is 10.5 Å². The Hall–Kier alpha value is -1.92. The van der Waals surface area contributed by atoms with Gasteiger partial charge in [0.05, 0.1) is 6.04 Å². The predicted octanol–water partition coefficient (Wildman–Crippen LogP) is 1.34. The number of carbonyl (C=O) groups excluding carboxylic acids is 2. The lowest BCUT2D eigenvalue weighted by molar-refractivity contribution is -0.119. The van der Waals surface area contributed by atoms with Crippen molar-refractivity contribution in [2.75, 3.05) is 24.4 Å². The van der Waals surface area contributed by atoms with Gasteiger partial charge in [-0.15, -0.1) is 0 Å². The summed E-state index contributed by atoms with van der Waals surface area (Å²) >= 11 is 0. The molecule has 1 aromatic rings. The molecule has 0 saturated carbocycles. The fourth-order valence-corrected chi connectivity index (χ4v) is 1.68. The van der Waals surface area contributed by atoms with Gasteiger partial charge in [0, 0.05) is 18.5 Å². The molecule has 0 aliphatic carbocycles. The number of anilines is 2. The van der Waals surface area contributed by atoms with Crippen LogP contribution in [0.15, 0.2) is 24.3 Å². The Morgan fingerprint density at radius 3 is 2.55 bits per heavy atom. The van der Waals surface area contributed by atoms with Gasteiger partial charge in [0.2, 0.25) is 11.8 Å². The molecule has 2 amide bonds. The zero-order valence-electron chi connectivity index (χ0n) is 11.8. The summed E-state index contributed by atoms with van der Waals surface area (Å²) in [4.78, 5) is 23.2. The highest BCUT2D eigenvalue weighted by Crippen LogP contribution is 2.15. The van der Waals surface area contributed by atoms with E-state index < -0.39 is 6.04 Å². The molecule has 1 aromatic carbocycles. The van der Waals surface area contributed by atoms with E-state index in [9.17, 15) is 9.59 Å². The summed E-state index contributed by atoms with van der Waals surface area (Å²) in [7, 11) is 1.45. The summed E-state index contributed by atoms with van der Waals surface area (Å²) in [5.74, 6) is -0.481. The Balaban J connectivity index is 2.63. The molecule has 0 radical (unpaired) electrons. The van der Waals surface area contributed by atoms with Crippen LogP contribution in [-0.2, 0) is 14.3 Å². The molecule has 1 rings (SSSR count). The first kappa shape index (κ1) is 16.1. The molecular formula is C14H21N3O3. The van der Waals surface area contributed by atoms with Gasteiger partial charge < -0.3 is 21.1 Å². The smallest absolute Gasteiger partial charge is 0.250 e. The monoisotopic (exact) mass is 279 g/mol. The number of hydrogen-bond acceptors (Lipinski definition) is 4. The molecule has 110 valence electrons. The number of hydrogen-bond donors (Lipinski definition) is 3. The quantitative estimate of drug-likeness (QED) is 0.702. The maximum Gasteiger partial charge on any atom is 0.250 e. The largest absolute Gasteiger partial charge is 0.375 e. The summed E-state index contributed by atoms with van der Waals surface area (Å²) in [6, 6.07) is 6.36. The molecule has 0 heterocycles. The topological polar surface area (TPSA) is 93.5 Å². The molecule has 0 fully saturated rings. The maximum absolute atomic E-state index is 11.8. The van der Waals surface area contributed by atoms with Crippen molar-refractivity contribution in [2.45, 2.75) is 25.8 Å². The highest BCUT2D eigenvalue weighted by molar-refractivity contribution is 5.96. The highest BCUT2D eigenvalue weighted by atomic mass is 16.5. The van der Waals surface area contributed by atoms with Gasteiger partial charge in [-0.2, -0.15) is 0 Å². The predicted molar refractivity (Wildman–Crippen MR) is 78.5 cm³/mol. The van der Waals surface area contributed by atoms with E-state index >= 15 is 0 Å². The van der Waals surface area contributed by atoms with Crippen LogP contribution < -0.4 is 16.4 Å². The Bertz CT molecular complexity index is 463. The van der Waals surface area contributed by atoms with E-state index in [0.29, 0.717) is 17.8 Å². The molecule has 0 aliphatic heterocycles. The molecule has 1 unspecified atom stereocenters. The van der Waals surface area contributed by atoms with E-state index in [1.165, 1.54) is 7.11 Å². The molecule has 0 saturated heterocycles. The second-order valence-electron chi connectivity index (χ2n) is 4.45. The Kier molecular flexibility index (Phi) is 6.69. The second-order valence-corrected chi connectivity index (χ2v) is 4.45. The molecule has 6 heteroatoms. The Morgan fingerprint density at radius 2 is 1.95 bits per heavy atom. The summed E-state index contributed by atoms with van der Waals surface area (Å²) < 4.78 is 4.73. The fourth-order valence-electron chi connectivity index (χ4n) is 1.68. The third kappa shape index (κ3) is 5.38. The van der Waals surface area contributed by atoms with Gasteiger partial charge in [-0.1, -0.05) is 19.4 Å². The van der Waals surface area contributed by atoms with Crippen LogP contribution in [0.1, 0.15) is 19.8 Å². The van der Waals surface area contributed by atoms with Gasteiger partial charge in [0.1, 0.15) is 6.61 Å². The normalized spacial score (nSPS) is 11.8. The molecule has 6 nitrogen and oxygen atoms in total. The molecule has 0 aromatic heterocycles. The number of ether oxygens (including phenoxy) is 1. The molecule has 4 N–H and O–H groups in total. The minimum absolute atomic E-state index is 0.0159. The van der Waals surface area contributed by atoms with Crippen LogP contribution in [0.5, 0.6) is 0 Å². The van der Waals surface area contributed by atoms with Gasteiger partial charge in [0.25, 0.3) is 0 Å². The van der Waals surface area contributed by atoms with Crippen molar-refractivity contribution in [1.82, 2.24) is 0 Å².